The summed E-state index contributed by atoms with van der Waals surface area (Å²) < 4.78 is 42.2. The van der Waals surface area contributed by atoms with Crippen molar-refractivity contribution in [1.29, 1.82) is 0 Å². The third-order valence-electron chi connectivity index (χ3n) is 5.40. The van der Waals surface area contributed by atoms with E-state index in [-0.39, 0.29) is 23.6 Å². The molecule has 0 aromatic carbocycles. The van der Waals surface area contributed by atoms with Gasteiger partial charge in [0.25, 0.3) is 0 Å². The molecule has 29 heavy (non-hydrogen) atoms. The van der Waals surface area contributed by atoms with E-state index in [1.807, 2.05) is 19.1 Å². The van der Waals surface area contributed by atoms with Crippen molar-refractivity contribution in [1.82, 2.24) is 19.7 Å². The van der Waals surface area contributed by atoms with Gasteiger partial charge in [0, 0.05) is 25.0 Å². The number of carbonyl (C=O) groups is 1. The average molecular weight is 407 g/mol. The molecule has 4 rings (SSSR count). The van der Waals surface area contributed by atoms with Gasteiger partial charge in [-0.05, 0) is 25.2 Å². The molecule has 4 N–H and O–H groups in total. The summed E-state index contributed by atoms with van der Waals surface area (Å²) in [5.74, 6) is -1.65. The number of nitrogens with zero attached hydrogens (tertiary/aromatic N) is 4. The van der Waals surface area contributed by atoms with Crippen molar-refractivity contribution in [3.8, 4) is 0 Å². The number of hydrogen-bond donors (Lipinski definition) is 3. The molecule has 11 heteroatoms. The number of rotatable bonds is 6. The SMILES string of the molecule is CCn1cc(Nc2ncc(C(F)(F)F)c(N[C@@H]3[C@H](C(N)=O)[C@H]4C=C[C@@H]3C4)n2)cn1. The van der Waals surface area contributed by atoms with E-state index in [2.05, 4.69) is 25.7 Å². The summed E-state index contributed by atoms with van der Waals surface area (Å²) in [5.41, 5.74) is 5.06. The first-order valence-corrected chi connectivity index (χ1v) is 9.24. The largest absolute Gasteiger partial charge is 0.421 e. The second kappa shape index (κ2) is 7.05. The molecular weight excluding hydrogens is 387 g/mol. The number of nitrogens with one attached hydrogen (secondary N) is 2. The zero-order valence-electron chi connectivity index (χ0n) is 15.5. The molecule has 1 amide bonds. The van der Waals surface area contributed by atoms with Crippen molar-refractivity contribution in [2.45, 2.75) is 32.1 Å². The van der Waals surface area contributed by atoms with Gasteiger partial charge in [0.1, 0.15) is 11.4 Å². The Morgan fingerprint density at radius 3 is 2.72 bits per heavy atom. The highest BCUT2D eigenvalue weighted by Crippen LogP contribution is 2.45. The Morgan fingerprint density at radius 1 is 1.31 bits per heavy atom. The van der Waals surface area contributed by atoms with Gasteiger partial charge in [-0.3, -0.25) is 9.48 Å². The first-order valence-electron chi connectivity index (χ1n) is 9.24. The second-order valence-electron chi connectivity index (χ2n) is 7.21. The highest BCUT2D eigenvalue weighted by Gasteiger charge is 2.48. The molecule has 0 radical (unpaired) electrons. The van der Waals surface area contributed by atoms with Crippen LogP contribution in [0.15, 0.2) is 30.7 Å². The van der Waals surface area contributed by atoms with Gasteiger partial charge >= 0.3 is 6.18 Å². The van der Waals surface area contributed by atoms with Crippen LogP contribution in [0.2, 0.25) is 0 Å². The van der Waals surface area contributed by atoms with Crippen molar-refractivity contribution >= 4 is 23.4 Å². The summed E-state index contributed by atoms with van der Waals surface area (Å²) in [6.07, 6.45) is 3.79. The van der Waals surface area contributed by atoms with Crippen LogP contribution in [0.1, 0.15) is 18.9 Å². The number of aryl methyl sites for hydroxylation is 1. The monoisotopic (exact) mass is 407 g/mol. The standard InChI is InChI=1S/C18H20F3N7O/c1-2-28-8-11(6-24-28)25-17-23-7-12(18(19,20)21)16(27-17)26-14-10-4-3-9(5-10)13(14)15(22)29/h3-4,6-10,13-14H,2,5H2,1H3,(H2,22,29)(H2,23,25,26,27)/t9-,10+,13+,14-/m0/s1. The average Bonchev–Trinajstić information content (AvgIpc) is 3.36. The van der Waals surface area contributed by atoms with Gasteiger partial charge in [-0.25, -0.2) is 4.98 Å². The van der Waals surface area contributed by atoms with Gasteiger partial charge < -0.3 is 16.4 Å². The van der Waals surface area contributed by atoms with E-state index >= 15 is 0 Å². The number of nitrogens with two attached hydrogens (primary N) is 1. The quantitative estimate of drug-likeness (QED) is 0.635. The molecule has 154 valence electrons. The van der Waals surface area contributed by atoms with Gasteiger partial charge in [0.05, 0.1) is 17.8 Å². The lowest BCUT2D eigenvalue weighted by Crippen LogP contribution is -2.41. The number of alkyl halides is 3. The van der Waals surface area contributed by atoms with Crippen molar-refractivity contribution in [3.05, 3.63) is 36.3 Å². The number of aromatic nitrogens is 4. The Morgan fingerprint density at radius 2 is 2.07 bits per heavy atom. The minimum absolute atomic E-state index is 0.00882. The normalized spacial score (nSPS) is 25.4. The molecule has 1 fully saturated rings. The summed E-state index contributed by atoms with van der Waals surface area (Å²) in [5, 5.41) is 9.78. The summed E-state index contributed by atoms with van der Waals surface area (Å²) in [6, 6.07) is -0.547. The van der Waals surface area contributed by atoms with Gasteiger partial charge in [0.2, 0.25) is 11.9 Å². The van der Waals surface area contributed by atoms with Gasteiger partial charge in [-0.15, -0.1) is 0 Å². The smallest absolute Gasteiger partial charge is 0.369 e. The number of amides is 1. The molecule has 2 aromatic heterocycles. The fraction of sp³-hybridized carbons (Fsp3) is 0.444. The first kappa shape index (κ1) is 19.2. The Bertz CT molecular complexity index is 955. The number of halogens is 3. The van der Waals surface area contributed by atoms with Crippen LogP contribution in [0.3, 0.4) is 0 Å². The van der Waals surface area contributed by atoms with Crippen LogP contribution in [0.4, 0.5) is 30.6 Å². The molecule has 2 aliphatic carbocycles. The Balaban J connectivity index is 1.64. The lowest BCUT2D eigenvalue weighted by atomic mass is 9.88. The van der Waals surface area contributed by atoms with Crippen LogP contribution >= 0.6 is 0 Å². The van der Waals surface area contributed by atoms with Crippen LogP contribution in [-0.2, 0) is 17.5 Å². The molecule has 4 atom stereocenters. The van der Waals surface area contributed by atoms with Crippen LogP contribution < -0.4 is 16.4 Å². The van der Waals surface area contributed by atoms with Crippen LogP contribution in [0.5, 0.6) is 0 Å². The maximum absolute atomic E-state index is 13.5. The number of hydrogen-bond acceptors (Lipinski definition) is 6. The van der Waals surface area contributed by atoms with E-state index in [0.717, 1.165) is 6.20 Å². The van der Waals surface area contributed by atoms with Crippen LogP contribution in [0.25, 0.3) is 0 Å². The molecular formula is C18H20F3N7O. The predicted octanol–water partition coefficient (Wildman–Crippen LogP) is 2.54. The van der Waals surface area contributed by atoms with E-state index in [1.54, 1.807) is 10.9 Å². The van der Waals surface area contributed by atoms with Crippen molar-refractivity contribution in [2.24, 2.45) is 23.5 Å². The van der Waals surface area contributed by atoms with E-state index in [0.29, 0.717) is 18.7 Å². The van der Waals surface area contributed by atoms with Crippen molar-refractivity contribution in [3.63, 3.8) is 0 Å². The number of carbonyl (C=O) groups excluding carboxylic acids is 1. The van der Waals surface area contributed by atoms with E-state index in [1.165, 1.54) is 6.20 Å². The third-order valence-corrected chi connectivity index (χ3v) is 5.40. The summed E-state index contributed by atoms with van der Waals surface area (Å²) in [4.78, 5) is 19.7. The zero-order chi connectivity index (χ0) is 20.8. The Kier molecular flexibility index (Phi) is 4.67. The van der Waals surface area contributed by atoms with Crippen molar-refractivity contribution < 1.29 is 18.0 Å². The lowest BCUT2D eigenvalue weighted by Gasteiger charge is -2.28. The molecule has 0 aliphatic heterocycles. The van der Waals surface area contributed by atoms with E-state index in [4.69, 9.17) is 5.73 Å². The number of anilines is 3. The van der Waals surface area contributed by atoms with E-state index < -0.39 is 29.6 Å². The molecule has 2 aromatic rings. The summed E-state index contributed by atoms with van der Waals surface area (Å²) in [6.45, 7) is 2.56. The fourth-order valence-electron chi connectivity index (χ4n) is 4.05. The summed E-state index contributed by atoms with van der Waals surface area (Å²) >= 11 is 0. The molecule has 8 nitrogen and oxygen atoms in total. The van der Waals surface area contributed by atoms with Crippen LogP contribution in [0, 0.1) is 17.8 Å². The Labute approximate surface area is 164 Å². The maximum Gasteiger partial charge on any atom is 0.421 e. The molecule has 0 saturated heterocycles. The molecule has 1 saturated carbocycles. The topological polar surface area (TPSA) is 111 Å². The Hall–Kier alpha value is -3.11. The predicted molar refractivity (Wildman–Crippen MR) is 99.0 cm³/mol. The van der Waals surface area contributed by atoms with Gasteiger partial charge in [0.15, 0.2) is 0 Å². The molecule has 0 spiro atoms. The minimum Gasteiger partial charge on any atom is -0.369 e. The third kappa shape index (κ3) is 3.64. The van der Waals surface area contributed by atoms with Gasteiger partial charge in [-0.1, -0.05) is 12.2 Å². The zero-order valence-corrected chi connectivity index (χ0v) is 15.5. The van der Waals surface area contributed by atoms with Crippen LogP contribution in [-0.4, -0.2) is 31.7 Å². The highest BCUT2D eigenvalue weighted by molar-refractivity contribution is 5.80. The van der Waals surface area contributed by atoms with Gasteiger partial charge in [-0.2, -0.15) is 23.3 Å². The highest BCUT2D eigenvalue weighted by atomic mass is 19.4. The van der Waals surface area contributed by atoms with E-state index in [9.17, 15) is 18.0 Å². The number of allylic oxidation sites excluding steroid dienone is 1. The lowest BCUT2D eigenvalue weighted by molar-refractivity contribution is -0.137. The fourth-order valence-corrected chi connectivity index (χ4v) is 4.05. The number of primary amides is 1. The summed E-state index contributed by atoms with van der Waals surface area (Å²) in [7, 11) is 0. The maximum atomic E-state index is 13.5. The number of fused-ring (bicyclic) bond motifs is 2. The molecule has 2 bridgehead atoms. The second-order valence-corrected chi connectivity index (χ2v) is 7.21. The minimum atomic E-state index is -4.65. The molecule has 2 aliphatic rings. The van der Waals surface area contributed by atoms with Crippen molar-refractivity contribution in [2.75, 3.05) is 10.6 Å². The molecule has 0 unspecified atom stereocenters. The first-order chi connectivity index (χ1) is 13.8. The molecule has 2 heterocycles.